The Hall–Kier alpha value is -2.06. The first-order valence-electron chi connectivity index (χ1n) is 6.46. The predicted molar refractivity (Wildman–Crippen MR) is 79.5 cm³/mol. The molecule has 0 aromatic heterocycles. The van der Waals surface area contributed by atoms with Gasteiger partial charge in [0.15, 0.2) is 0 Å². The molecular weight excluding hydrogens is 234 g/mol. The Balaban J connectivity index is 2.01. The van der Waals surface area contributed by atoms with E-state index in [4.69, 9.17) is 4.74 Å². The van der Waals surface area contributed by atoms with Gasteiger partial charge in [0.2, 0.25) is 0 Å². The highest BCUT2D eigenvalue weighted by molar-refractivity contribution is 5.33. The van der Waals surface area contributed by atoms with Gasteiger partial charge in [0, 0.05) is 12.6 Å². The topological polar surface area (TPSA) is 21.3 Å². The minimum Gasteiger partial charge on any atom is -0.457 e. The Morgan fingerprint density at radius 1 is 1.11 bits per heavy atom. The zero-order valence-corrected chi connectivity index (χ0v) is 11.2. The molecule has 0 aliphatic rings. The lowest BCUT2D eigenvalue weighted by molar-refractivity contribution is 0.481. The van der Waals surface area contributed by atoms with Crippen LogP contribution in [0.4, 0.5) is 0 Å². The van der Waals surface area contributed by atoms with Gasteiger partial charge in [-0.1, -0.05) is 36.4 Å². The summed E-state index contributed by atoms with van der Waals surface area (Å²) in [6.45, 7) is 6.64. The van der Waals surface area contributed by atoms with Crippen molar-refractivity contribution < 1.29 is 4.74 Å². The van der Waals surface area contributed by atoms with E-state index in [1.807, 2.05) is 48.5 Å². The van der Waals surface area contributed by atoms with Crippen LogP contribution in [-0.4, -0.2) is 6.04 Å². The summed E-state index contributed by atoms with van der Waals surface area (Å²) in [5, 5.41) is 3.37. The number of ether oxygens (including phenoxy) is 1. The lowest BCUT2D eigenvalue weighted by atomic mass is 10.2. The second kappa shape index (κ2) is 6.76. The van der Waals surface area contributed by atoms with E-state index in [1.165, 1.54) is 5.56 Å². The Morgan fingerprint density at radius 3 is 2.58 bits per heavy atom. The van der Waals surface area contributed by atoms with Crippen LogP contribution in [-0.2, 0) is 6.54 Å². The highest BCUT2D eigenvalue weighted by Gasteiger charge is 2.00. The van der Waals surface area contributed by atoms with Gasteiger partial charge in [0.05, 0.1) is 0 Å². The number of nitrogens with one attached hydrogen (secondary N) is 1. The minimum absolute atomic E-state index is 0.304. The summed E-state index contributed by atoms with van der Waals surface area (Å²) in [5.74, 6) is 1.71. The Kier molecular flexibility index (Phi) is 4.76. The van der Waals surface area contributed by atoms with Crippen molar-refractivity contribution in [1.29, 1.82) is 0 Å². The van der Waals surface area contributed by atoms with Crippen molar-refractivity contribution >= 4 is 0 Å². The molecule has 98 valence electrons. The van der Waals surface area contributed by atoms with Crippen molar-refractivity contribution in [2.24, 2.45) is 0 Å². The first kappa shape index (κ1) is 13.4. The average molecular weight is 253 g/mol. The van der Waals surface area contributed by atoms with Gasteiger partial charge in [0.1, 0.15) is 11.5 Å². The lowest BCUT2D eigenvalue weighted by Crippen LogP contribution is -2.22. The van der Waals surface area contributed by atoms with Crippen molar-refractivity contribution in [2.45, 2.75) is 19.5 Å². The summed E-state index contributed by atoms with van der Waals surface area (Å²) in [4.78, 5) is 0. The first-order chi connectivity index (χ1) is 9.28. The van der Waals surface area contributed by atoms with E-state index in [-0.39, 0.29) is 0 Å². The monoisotopic (exact) mass is 253 g/mol. The zero-order chi connectivity index (χ0) is 13.5. The quantitative estimate of drug-likeness (QED) is 0.781. The zero-order valence-electron chi connectivity index (χ0n) is 11.2. The minimum atomic E-state index is 0.304. The van der Waals surface area contributed by atoms with Crippen molar-refractivity contribution in [1.82, 2.24) is 5.32 Å². The molecule has 1 atom stereocenters. The third-order valence-corrected chi connectivity index (χ3v) is 2.86. The number of hydrogen-bond acceptors (Lipinski definition) is 2. The third kappa shape index (κ3) is 4.27. The van der Waals surface area contributed by atoms with Crippen LogP contribution in [0.1, 0.15) is 12.5 Å². The summed E-state index contributed by atoms with van der Waals surface area (Å²) in [6.07, 6.45) is 1.89. The fourth-order valence-corrected chi connectivity index (χ4v) is 1.71. The molecule has 0 aliphatic heterocycles. The molecule has 2 heteroatoms. The molecule has 0 saturated carbocycles. The molecule has 2 nitrogen and oxygen atoms in total. The molecule has 1 unspecified atom stereocenters. The maximum atomic E-state index is 5.80. The summed E-state index contributed by atoms with van der Waals surface area (Å²) < 4.78 is 5.80. The molecule has 0 spiro atoms. The molecule has 0 radical (unpaired) electrons. The van der Waals surface area contributed by atoms with Gasteiger partial charge in [-0.05, 0) is 36.8 Å². The van der Waals surface area contributed by atoms with Gasteiger partial charge < -0.3 is 10.1 Å². The highest BCUT2D eigenvalue weighted by Crippen LogP contribution is 2.21. The van der Waals surface area contributed by atoms with E-state index in [9.17, 15) is 0 Å². The van der Waals surface area contributed by atoms with Gasteiger partial charge in [-0.3, -0.25) is 0 Å². The molecular formula is C17H19NO. The van der Waals surface area contributed by atoms with E-state index >= 15 is 0 Å². The van der Waals surface area contributed by atoms with Crippen molar-refractivity contribution in [3.05, 3.63) is 72.8 Å². The Bertz CT molecular complexity index is 522. The van der Waals surface area contributed by atoms with E-state index in [0.717, 1.165) is 18.0 Å². The standard InChI is InChI=1S/C17H19NO/c1-3-14(2)18-13-15-8-7-11-17(12-15)19-16-9-5-4-6-10-16/h3-12,14,18H,1,13H2,2H3. The Labute approximate surface area is 114 Å². The van der Waals surface area contributed by atoms with Crippen LogP contribution in [0.2, 0.25) is 0 Å². The summed E-state index contributed by atoms with van der Waals surface area (Å²) in [6, 6.07) is 18.2. The SMILES string of the molecule is C=CC(C)NCc1cccc(Oc2ccccc2)c1. The molecule has 0 amide bonds. The number of rotatable bonds is 6. The van der Waals surface area contributed by atoms with Crippen LogP contribution >= 0.6 is 0 Å². The van der Waals surface area contributed by atoms with Crippen LogP contribution in [0, 0.1) is 0 Å². The van der Waals surface area contributed by atoms with Crippen LogP contribution in [0.5, 0.6) is 11.5 Å². The van der Waals surface area contributed by atoms with E-state index in [0.29, 0.717) is 6.04 Å². The smallest absolute Gasteiger partial charge is 0.127 e. The van der Waals surface area contributed by atoms with Gasteiger partial charge >= 0.3 is 0 Å². The molecule has 19 heavy (non-hydrogen) atoms. The van der Waals surface area contributed by atoms with Crippen molar-refractivity contribution in [3.8, 4) is 11.5 Å². The third-order valence-electron chi connectivity index (χ3n) is 2.86. The molecule has 0 aliphatic carbocycles. The predicted octanol–water partition coefficient (Wildman–Crippen LogP) is 4.14. The number of benzene rings is 2. The average Bonchev–Trinajstić information content (AvgIpc) is 2.46. The molecule has 1 N–H and O–H groups in total. The second-order valence-electron chi connectivity index (χ2n) is 4.47. The van der Waals surface area contributed by atoms with Crippen LogP contribution in [0.3, 0.4) is 0 Å². The molecule has 0 heterocycles. The molecule has 0 bridgehead atoms. The summed E-state index contributed by atoms with van der Waals surface area (Å²) >= 11 is 0. The Morgan fingerprint density at radius 2 is 1.84 bits per heavy atom. The number of hydrogen-bond donors (Lipinski definition) is 1. The second-order valence-corrected chi connectivity index (χ2v) is 4.47. The number of para-hydroxylation sites is 1. The molecule has 0 saturated heterocycles. The van der Waals surface area contributed by atoms with E-state index < -0.39 is 0 Å². The van der Waals surface area contributed by atoms with Crippen LogP contribution in [0.15, 0.2) is 67.3 Å². The van der Waals surface area contributed by atoms with Crippen molar-refractivity contribution in [3.63, 3.8) is 0 Å². The fourth-order valence-electron chi connectivity index (χ4n) is 1.71. The largest absolute Gasteiger partial charge is 0.457 e. The highest BCUT2D eigenvalue weighted by atomic mass is 16.5. The van der Waals surface area contributed by atoms with Crippen LogP contribution < -0.4 is 10.1 Å². The van der Waals surface area contributed by atoms with E-state index in [2.05, 4.69) is 31.0 Å². The van der Waals surface area contributed by atoms with E-state index in [1.54, 1.807) is 0 Å². The van der Waals surface area contributed by atoms with Gasteiger partial charge in [-0.15, -0.1) is 6.58 Å². The van der Waals surface area contributed by atoms with Gasteiger partial charge in [-0.2, -0.15) is 0 Å². The normalized spacial score (nSPS) is 11.8. The lowest BCUT2D eigenvalue weighted by Gasteiger charge is -2.10. The summed E-state index contributed by atoms with van der Waals surface area (Å²) in [7, 11) is 0. The molecule has 2 aromatic carbocycles. The summed E-state index contributed by atoms with van der Waals surface area (Å²) in [5.41, 5.74) is 1.20. The molecule has 2 rings (SSSR count). The van der Waals surface area contributed by atoms with Gasteiger partial charge in [-0.25, -0.2) is 0 Å². The maximum absolute atomic E-state index is 5.80. The molecule has 0 fully saturated rings. The first-order valence-corrected chi connectivity index (χ1v) is 6.46. The van der Waals surface area contributed by atoms with Gasteiger partial charge in [0.25, 0.3) is 0 Å². The maximum Gasteiger partial charge on any atom is 0.127 e. The van der Waals surface area contributed by atoms with Crippen LogP contribution in [0.25, 0.3) is 0 Å². The molecule has 2 aromatic rings. The van der Waals surface area contributed by atoms with Crippen molar-refractivity contribution in [2.75, 3.05) is 0 Å². The fraction of sp³-hybridized carbons (Fsp3) is 0.176.